The number of hydrogen-bond acceptors (Lipinski definition) is 5. The standard InChI is InChI=1S/C15H18N4O2/c16-6-7-19-10-13(17-18-19)14(20)9-15-12-4-2-1-3-11(12)5-8-21-15/h1-4,10,15H,5-9,16H2. The molecule has 0 aliphatic carbocycles. The molecule has 6 nitrogen and oxygen atoms in total. The van der Waals surface area contributed by atoms with Gasteiger partial charge in [-0.1, -0.05) is 29.5 Å². The summed E-state index contributed by atoms with van der Waals surface area (Å²) in [6, 6.07) is 8.11. The van der Waals surface area contributed by atoms with Gasteiger partial charge in [-0.2, -0.15) is 0 Å². The summed E-state index contributed by atoms with van der Waals surface area (Å²) in [7, 11) is 0. The van der Waals surface area contributed by atoms with Crippen LogP contribution in [0.5, 0.6) is 0 Å². The molecular formula is C15H18N4O2. The third-order valence-corrected chi connectivity index (χ3v) is 3.65. The average molecular weight is 286 g/mol. The molecule has 1 aromatic carbocycles. The average Bonchev–Trinajstić information content (AvgIpc) is 2.97. The van der Waals surface area contributed by atoms with Crippen molar-refractivity contribution in [2.45, 2.75) is 25.5 Å². The number of ketones is 1. The Bertz CT molecular complexity index is 638. The lowest BCUT2D eigenvalue weighted by Gasteiger charge is -2.25. The molecule has 0 amide bonds. The molecule has 3 rings (SSSR count). The smallest absolute Gasteiger partial charge is 0.187 e. The summed E-state index contributed by atoms with van der Waals surface area (Å²) in [4.78, 5) is 12.3. The Hall–Kier alpha value is -2.05. The molecule has 2 heterocycles. The van der Waals surface area contributed by atoms with Gasteiger partial charge in [-0.05, 0) is 17.5 Å². The maximum atomic E-state index is 12.3. The molecule has 0 saturated heterocycles. The molecule has 0 radical (unpaired) electrons. The van der Waals surface area contributed by atoms with Crippen molar-refractivity contribution < 1.29 is 9.53 Å². The van der Waals surface area contributed by atoms with E-state index >= 15 is 0 Å². The molecule has 0 fully saturated rings. The molecule has 0 bridgehead atoms. The minimum absolute atomic E-state index is 0.0556. The SMILES string of the molecule is NCCn1cc(C(=O)CC2OCCc3ccccc32)nn1. The van der Waals surface area contributed by atoms with Crippen molar-refractivity contribution in [1.29, 1.82) is 0 Å². The van der Waals surface area contributed by atoms with Crippen LogP contribution < -0.4 is 5.73 Å². The number of Topliss-reactive ketones (excluding diaryl/α,β-unsaturated/α-hetero) is 1. The fourth-order valence-electron chi connectivity index (χ4n) is 2.59. The van der Waals surface area contributed by atoms with Crippen molar-refractivity contribution in [1.82, 2.24) is 15.0 Å². The number of rotatable bonds is 5. The Morgan fingerprint density at radius 2 is 2.29 bits per heavy atom. The maximum absolute atomic E-state index is 12.3. The summed E-state index contributed by atoms with van der Waals surface area (Å²) < 4.78 is 7.34. The summed E-state index contributed by atoms with van der Waals surface area (Å²) >= 11 is 0. The van der Waals surface area contributed by atoms with Gasteiger partial charge in [-0.3, -0.25) is 9.48 Å². The Morgan fingerprint density at radius 3 is 3.14 bits per heavy atom. The topological polar surface area (TPSA) is 83.0 Å². The maximum Gasteiger partial charge on any atom is 0.187 e. The first-order valence-electron chi connectivity index (χ1n) is 7.10. The molecule has 2 aromatic rings. The third kappa shape index (κ3) is 3.01. The van der Waals surface area contributed by atoms with Gasteiger partial charge in [0.15, 0.2) is 5.78 Å². The second kappa shape index (κ2) is 6.15. The van der Waals surface area contributed by atoms with E-state index in [1.165, 1.54) is 5.56 Å². The van der Waals surface area contributed by atoms with Gasteiger partial charge in [0.05, 0.1) is 25.5 Å². The van der Waals surface area contributed by atoms with Crippen molar-refractivity contribution >= 4 is 5.78 Å². The van der Waals surface area contributed by atoms with Crippen LogP contribution in [0.4, 0.5) is 0 Å². The number of aromatic nitrogens is 3. The third-order valence-electron chi connectivity index (χ3n) is 3.65. The van der Waals surface area contributed by atoms with E-state index in [0.29, 0.717) is 31.8 Å². The van der Waals surface area contributed by atoms with Gasteiger partial charge in [0.1, 0.15) is 5.69 Å². The molecule has 2 N–H and O–H groups in total. The lowest BCUT2D eigenvalue weighted by molar-refractivity contribution is 0.0350. The van der Waals surface area contributed by atoms with Crippen LogP contribution in [0.25, 0.3) is 0 Å². The zero-order chi connectivity index (χ0) is 14.7. The molecule has 6 heteroatoms. The fourth-order valence-corrected chi connectivity index (χ4v) is 2.59. The van der Waals surface area contributed by atoms with Crippen molar-refractivity contribution in [2.75, 3.05) is 13.2 Å². The Balaban J connectivity index is 1.73. The van der Waals surface area contributed by atoms with Crippen molar-refractivity contribution in [2.24, 2.45) is 5.73 Å². The van der Waals surface area contributed by atoms with E-state index in [-0.39, 0.29) is 11.9 Å². The minimum atomic E-state index is -0.192. The fraction of sp³-hybridized carbons (Fsp3) is 0.400. The first kappa shape index (κ1) is 13.9. The van der Waals surface area contributed by atoms with Gasteiger partial charge in [-0.25, -0.2) is 0 Å². The number of benzene rings is 1. The van der Waals surface area contributed by atoms with E-state index in [1.54, 1.807) is 10.9 Å². The first-order valence-corrected chi connectivity index (χ1v) is 7.10. The number of carbonyl (C=O) groups is 1. The number of nitrogens with zero attached hydrogens (tertiary/aromatic N) is 3. The molecular weight excluding hydrogens is 268 g/mol. The van der Waals surface area contributed by atoms with Gasteiger partial charge in [0, 0.05) is 13.0 Å². The van der Waals surface area contributed by atoms with Crippen LogP contribution in [0.2, 0.25) is 0 Å². The highest BCUT2D eigenvalue weighted by atomic mass is 16.5. The van der Waals surface area contributed by atoms with E-state index in [2.05, 4.69) is 16.4 Å². The highest BCUT2D eigenvalue weighted by Gasteiger charge is 2.24. The molecule has 1 atom stereocenters. The molecule has 0 spiro atoms. The zero-order valence-electron chi connectivity index (χ0n) is 11.7. The molecule has 1 aromatic heterocycles. The van der Waals surface area contributed by atoms with Crippen LogP contribution in [0.3, 0.4) is 0 Å². The lowest BCUT2D eigenvalue weighted by Crippen LogP contribution is -2.19. The Morgan fingerprint density at radius 1 is 1.43 bits per heavy atom. The normalized spacial score (nSPS) is 17.5. The summed E-state index contributed by atoms with van der Waals surface area (Å²) in [6.45, 7) is 1.67. The van der Waals surface area contributed by atoms with E-state index < -0.39 is 0 Å². The number of hydrogen-bond donors (Lipinski definition) is 1. The largest absolute Gasteiger partial charge is 0.373 e. The molecule has 0 saturated carbocycles. The molecule has 110 valence electrons. The van der Waals surface area contributed by atoms with E-state index in [1.807, 2.05) is 18.2 Å². The number of fused-ring (bicyclic) bond motifs is 1. The quantitative estimate of drug-likeness (QED) is 0.833. The number of nitrogens with two attached hydrogens (primary N) is 1. The molecule has 1 aliphatic rings. The monoisotopic (exact) mass is 286 g/mol. The molecule has 1 unspecified atom stereocenters. The number of ether oxygens (including phenoxy) is 1. The minimum Gasteiger partial charge on any atom is -0.373 e. The Kier molecular flexibility index (Phi) is 4.08. The van der Waals surface area contributed by atoms with E-state index in [0.717, 1.165) is 12.0 Å². The van der Waals surface area contributed by atoms with Crippen molar-refractivity contribution in [3.05, 3.63) is 47.3 Å². The van der Waals surface area contributed by atoms with Crippen LogP contribution in [0.1, 0.15) is 34.1 Å². The van der Waals surface area contributed by atoms with Gasteiger partial charge in [0.2, 0.25) is 0 Å². The van der Waals surface area contributed by atoms with E-state index in [9.17, 15) is 4.79 Å². The second-order valence-corrected chi connectivity index (χ2v) is 5.09. The summed E-state index contributed by atoms with van der Waals surface area (Å²) in [6.07, 6.45) is 2.64. The van der Waals surface area contributed by atoms with Crippen LogP contribution in [0, 0.1) is 0 Å². The highest BCUT2D eigenvalue weighted by Crippen LogP contribution is 2.30. The van der Waals surface area contributed by atoms with Crippen LogP contribution in [-0.4, -0.2) is 33.9 Å². The van der Waals surface area contributed by atoms with E-state index in [4.69, 9.17) is 10.5 Å². The van der Waals surface area contributed by atoms with Crippen molar-refractivity contribution in [3.63, 3.8) is 0 Å². The summed E-state index contributed by atoms with van der Waals surface area (Å²) in [5, 5.41) is 7.80. The summed E-state index contributed by atoms with van der Waals surface area (Å²) in [5.41, 5.74) is 8.19. The molecule has 21 heavy (non-hydrogen) atoms. The number of carbonyl (C=O) groups excluding carboxylic acids is 1. The second-order valence-electron chi connectivity index (χ2n) is 5.09. The van der Waals surface area contributed by atoms with Gasteiger partial charge in [-0.15, -0.1) is 5.10 Å². The predicted octanol–water partition coefficient (Wildman–Crippen LogP) is 1.12. The predicted molar refractivity (Wildman–Crippen MR) is 76.9 cm³/mol. The van der Waals surface area contributed by atoms with Crippen LogP contribution >= 0.6 is 0 Å². The van der Waals surface area contributed by atoms with Gasteiger partial charge >= 0.3 is 0 Å². The zero-order valence-corrected chi connectivity index (χ0v) is 11.7. The Labute approximate surface area is 122 Å². The summed E-state index contributed by atoms with van der Waals surface area (Å²) in [5.74, 6) is -0.0556. The molecule has 1 aliphatic heterocycles. The van der Waals surface area contributed by atoms with Gasteiger partial charge in [0.25, 0.3) is 0 Å². The van der Waals surface area contributed by atoms with Crippen LogP contribution in [-0.2, 0) is 17.7 Å². The van der Waals surface area contributed by atoms with Crippen LogP contribution in [0.15, 0.2) is 30.5 Å². The van der Waals surface area contributed by atoms with Crippen molar-refractivity contribution in [3.8, 4) is 0 Å². The first-order chi connectivity index (χ1) is 10.3. The van der Waals surface area contributed by atoms with Gasteiger partial charge < -0.3 is 10.5 Å². The lowest BCUT2D eigenvalue weighted by atomic mass is 9.94. The highest BCUT2D eigenvalue weighted by molar-refractivity contribution is 5.94.